The van der Waals surface area contributed by atoms with E-state index in [2.05, 4.69) is 64.6 Å². The molecule has 0 aromatic heterocycles. The van der Waals surface area contributed by atoms with Crippen LogP contribution < -0.4 is 0 Å². The second-order valence-corrected chi connectivity index (χ2v) is 18.2. The summed E-state index contributed by atoms with van der Waals surface area (Å²) in [5.74, 6) is 1.42. The number of hydrogen-bond acceptors (Lipinski definition) is 0. The third-order valence-corrected chi connectivity index (χ3v) is 10.0. The fraction of sp³-hybridized carbons (Fsp3) is 0.714. The highest BCUT2D eigenvalue weighted by Crippen LogP contribution is 2.63. The maximum Gasteiger partial charge on any atom is 0.0480 e. The van der Waals surface area contributed by atoms with Gasteiger partial charge < -0.3 is 0 Å². The zero-order valence-electron chi connectivity index (χ0n) is 11.9. The lowest BCUT2D eigenvalue weighted by Crippen LogP contribution is -2.56. The molecule has 1 rings (SSSR count). The van der Waals surface area contributed by atoms with Crippen LogP contribution in [0, 0.1) is 11.8 Å². The first-order valence-corrected chi connectivity index (χ1v) is 13.5. The van der Waals surface area contributed by atoms with Gasteiger partial charge in [-0.25, -0.2) is 0 Å². The highest BCUT2D eigenvalue weighted by atomic mass is 28.3. The van der Waals surface area contributed by atoms with Gasteiger partial charge in [0.1, 0.15) is 0 Å². The van der Waals surface area contributed by atoms with Crippen LogP contribution in [-0.2, 0) is 0 Å². The Labute approximate surface area is 104 Å². The van der Waals surface area contributed by atoms with Gasteiger partial charge in [-0.3, -0.25) is 0 Å². The molecule has 0 saturated heterocycles. The van der Waals surface area contributed by atoms with Gasteiger partial charge in [-0.15, -0.1) is 13.2 Å². The van der Waals surface area contributed by atoms with Crippen molar-refractivity contribution in [2.75, 3.05) is 0 Å². The van der Waals surface area contributed by atoms with Crippen molar-refractivity contribution in [1.29, 1.82) is 0 Å². The Kier molecular flexibility index (Phi) is 3.76. The molecule has 1 aliphatic rings. The normalized spacial score (nSPS) is 35.4. The van der Waals surface area contributed by atoms with Gasteiger partial charge >= 0.3 is 0 Å². The van der Waals surface area contributed by atoms with Crippen molar-refractivity contribution in [3.63, 3.8) is 0 Å². The Balaban J connectivity index is 3.04. The predicted molar refractivity (Wildman–Crippen MR) is 81.6 cm³/mol. The third kappa shape index (κ3) is 2.28. The molecule has 92 valence electrons. The van der Waals surface area contributed by atoms with E-state index in [1.165, 1.54) is 0 Å². The molecule has 0 bridgehead atoms. The van der Waals surface area contributed by atoms with Crippen molar-refractivity contribution in [2.45, 2.75) is 50.4 Å². The Hall–Kier alpha value is -0.0862. The van der Waals surface area contributed by atoms with Crippen LogP contribution in [0.1, 0.15) is 0 Å². The molecule has 4 atom stereocenters. The van der Waals surface area contributed by atoms with Gasteiger partial charge in [0.25, 0.3) is 0 Å². The lowest BCUT2D eigenvalue weighted by atomic mass is 9.72. The van der Waals surface area contributed by atoms with Crippen molar-refractivity contribution >= 4 is 16.1 Å². The monoisotopic (exact) mass is 252 g/mol. The predicted octanol–water partition coefficient (Wildman–Crippen LogP) is 5.02. The van der Waals surface area contributed by atoms with E-state index in [1.54, 1.807) is 0 Å². The number of rotatable bonds is 4. The highest BCUT2D eigenvalue weighted by Gasteiger charge is 2.56. The summed E-state index contributed by atoms with van der Waals surface area (Å²) in [6, 6.07) is 0. The standard InChI is InChI=1S/C14H28Si2/c1-9-11-12(10-2)14(16(6,7)8)13(11)15(3,4)5/h9-14H,1-2H2,3-8H3. The number of hydrogen-bond donors (Lipinski definition) is 0. The third-order valence-electron chi connectivity index (χ3n) is 4.21. The van der Waals surface area contributed by atoms with Gasteiger partial charge in [0.05, 0.1) is 0 Å². The van der Waals surface area contributed by atoms with Crippen molar-refractivity contribution in [3.05, 3.63) is 25.3 Å². The van der Waals surface area contributed by atoms with Gasteiger partial charge in [0, 0.05) is 16.1 Å². The van der Waals surface area contributed by atoms with Crippen LogP contribution >= 0.6 is 0 Å². The van der Waals surface area contributed by atoms with E-state index < -0.39 is 16.1 Å². The molecule has 0 aliphatic heterocycles. The fourth-order valence-corrected chi connectivity index (χ4v) is 12.3. The molecule has 0 aromatic rings. The van der Waals surface area contributed by atoms with Crippen molar-refractivity contribution in [1.82, 2.24) is 0 Å². The van der Waals surface area contributed by atoms with Crippen molar-refractivity contribution in [2.24, 2.45) is 11.8 Å². The Morgan fingerprint density at radius 2 is 0.938 bits per heavy atom. The summed E-state index contributed by atoms with van der Waals surface area (Å²) in [6.45, 7) is 23.2. The average Bonchev–Trinajstić information content (AvgIpc) is 1.98. The van der Waals surface area contributed by atoms with Gasteiger partial charge in [-0.1, -0.05) is 51.4 Å². The summed E-state index contributed by atoms with van der Waals surface area (Å²) in [4.78, 5) is 0. The van der Waals surface area contributed by atoms with Crippen molar-refractivity contribution in [3.8, 4) is 0 Å². The van der Waals surface area contributed by atoms with E-state index in [0.29, 0.717) is 11.8 Å². The summed E-state index contributed by atoms with van der Waals surface area (Å²) in [5.41, 5.74) is 1.86. The first kappa shape index (κ1) is 14.0. The molecule has 0 N–H and O–H groups in total. The summed E-state index contributed by atoms with van der Waals surface area (Å²) in [5, 5.41) is 0. The second kappa shape index (κ2) is 4.30. The summed E-state index contributed by atoms with van der Waals surface area (Å²) in [7, 11) is -2.15. The van der Waals surface area contributed by atoms with Crippen LogP contribution in [-0.4, -0.2) is 16.1 Å². The molecule has 0 heterocycles. The largest absolute Gasteiger partial charge is 0.103 e. The van der Waals surface area contributed by atoms with Crippen LogP contribution in [0.15, 0.2) is 25.3 Å². The van der Waals surface area contributed by atoms with Gasteiger partial charge in [0.2, 0.25) is 0 Å². The molecule has 4 unspecified atom stereocenters. The SMILES string of the molecule is C=CC1C(C=C)C([Si](C)(C)C)C1[Si](C)(C)C. The minimum atomic E-state index is -1.07. The zero-order chi connectivity index (χ0) is 12.7. The molecule has 1 saturated carbocycles. The molecular weight excluding hydrogens is 224 g/mol. The molecule has 0 radical (unpaired) electrons. The molecule has 0 aromatic carbocycles. The van der Waals surface area contributed by atoms with Gasteiger partial charge in [-0.05, 0) is 22.9 Å². The van der Waals surface area contributed by atoms with E-state index in [9.17, 15) is 0 Å². The number of allylic oxidation sites excluding steroid dienone is 2. The van der Waals surface area contributed by atoms with E-state index in [4.69, 9.17) is 0 Å². The molecule has 2 heteroatoms. The molecule has 0 nitrogen and oxygen atoms in total. The Bertz CT molecular complexity index is 250. The van der Waals surface area contributed by atoms with Gasteiger partial charge in [-0.2, -0.15) is 0 Å². The smallest absolute Gasteiger partial charge is 0.0480 e. The van der Waals surface area contributed by atoms with Crippen LogP contribution in [0.5, 0.6) is 0 Å². The quantitative estimate of drug-likeness (QED) is 0.487. The maximum atomic E-state index is 4.05. The van der Waals surface area contributed by atoms with E-state index in [1.807, 2.05) is 0 Å². The van der Waals surface area contributed by atoms with Crippen molar-refractivity contribution < 1.29 is 0 Å². The Morgan fingerprint density at radius 3 is 1.06 bits per heavy atom. The van der Waals surface area contributed by atoms with E-state index in [-0.39, 0.29) is 0 Å². The van der Waals surface area contributed by atoms with Crippen LogP contribution in [0.4, 0.5) is 0 Å². The summed E-state index contributed by atoms with van der Waals surface area (Å²) >= 11 is 0. The molecule has 1 aliphatic carbocycles. The lowest BCUT2D eigenvalue weighted by molar-refractivity contribution is 0.270. The molecular formula is C14H28Si2. The highest BCUT2D eigenvalue weighted by molar-refractivity contribution is 6.84. The van der Waals surface area contributed by atoms with Crippen LogP contribution in [0.25, 0.3) is 0 Å². The Morgan fingerprint density at radius 1 is 0.688 bits per heavy atom. The molecule has 0 amide bonds. The molecule has 16 heavy (non-hydrogen) atoms. The first-order chi connectivity index (χ1) is 7.14. The second-order valence-electron chi connectivity index (χ2n) is 7.41. The summed E-state index contributed by atoms with van der Waals surface area (Å²) in [6.07, 6.45) is 4.40. The topological polar surface area (TPSA) is 0 Å². The first-order valence-electron chi connectivity index (χ1n) is 6.39. The minimum Gasteiger partial charge on any atom is -0.103 e. The molecule has 0 spiro atoms. The van der Waals surface area contributed by atoms with E-state index in [0.717, 1.165) is 11.1 Å². The summed E-state index contributed by atoms with van der Waals surface area (Å²) < 4.78 is 0. The van der Waals surface area contributed by atoms with Crippen LogP contribution in [0.2, 0.25) is 50.4 Å². The lowest BCUT2D eigenvalue weighted by Gasteiger charge is -2.59. The zero-order valence-corrected chi connectivity index (χ0v) is 13.9. The maximum absolute atomic E-state index is 4.05. The minimum absolute atomic E-state index is 0.709. The van der Waals surface area contributed by atoms with Gasteiger partial charge in [0.15, 0.2) is 0 Å². The van der Waals surface area contributed by atoms with E-state index >= 15 is 0 Å². The molecule has 1 fully saturated rings. The van der Waals surface area contributed by atoms with Crippen LogP contribution in [0.3, 0.4) is 0 Å². The average molecular weight is 253 g/mol. The fourth-order valence-electron chi connectivity index (χ4n) is 3.65.